The van der Waals surface area contributed by atoms with Crippen LogP contribution in [0.2, 0.25) is 0 Å². The number of fused-ring (bicyclic) bond motifs is 1. The molecule has 0 aliphatic carbocycles. The van der Waals surface area contributed by atoms with E-state index in [4.69, 9.17) is 9.97 Å². The molecule has 0 saturated carbocycles. The van der Waals surface area contributed by atoms with Crippen molar-refractivity contribution in [2.45, 2.75) is 66.2 Å². The number of nitrogens with zero attached hydrogens (tertiary/aromatic N) is 3. The normalized spacial score (nSPS) is 14.5. The second-order valence-corrected chi connectivity index (χ2v) is 12.4. The molecule has 32 heavy (non-hydrogen) atoms. The first-order valence-electron chi connectivity index (χ1n) is 10.7. The molecule has 168 valence electrons. The zero-order valence-corrected chi connectivity index (χ0v) is 21.8. The summed E-state index contributed by atoms with van der Waals surface area (Å²) >= 11 is 3.27. The van der Waals surface area contributed by atoms with Gasteiger partial charge in [0.05, 0.1) is 37.3 Å². The summed E-state index contributed by atoms with van der Waals surface area (Å²) in [6.45, 7) is 16.7. The number of imide groups is 1. The Morgan fingerprint density at radius 2 is 1.34 bits per heavy atom. The van der Waals surface area contributed by atoms with Gasteiger partial charge < -0.3 is 0 Å². The lowest BCUT2D eigenvalue weighted by atomic mass is 9.81. The number of rotatable bonds is 2. The van der Waals surface area contributed by atoms with Crippen molar-refractivity contribution >= 4 is 34.5 Å². The summed E-state index contributed by atoms with van der Waals surface area (Å²) in [5.41, 5.74) is 4.25. The van der Waals surface area contributed by atoms with Gasteiger partial charge in [-0.25, -0.2) is 9.97 Å². The Kier molecular flexibility index (Phi) is 5.21. The first kappa shape index (κ1) is 22.8. The maximum atomic E-state index is 13.1. The molecule has 0 spiro atoms. The van der Waals surface area contributed by atoms with E-state index in [0.717, 1.165) is 42.3 Å². The first-order chi connectivity index (χ1) is 14.7. The van der Waals surface area contributed by atoms with Crippen molar-refractivity contribution in [2.24, 2.45) is 0 Å². The van der Waals surface area contributed by atoms with E-state index in [9.17, 15) is 9.59 Å². The van der Waals surface area contributed by atoms with Gasteiger partial charge >= 0.3 is 0 Å². The molecule has 0 atom stereocenters. The largest absolute Gasteiger partial charge is 0.277 e. The Morgan fingerprint density at radius 3 is 1.91 bits per heavy atom. The fourth-order valence-electron chi connectivity index (χ4n) is 3.93. The molecule has 5 nitrogen and oxygen atoms in total. The predicted molar refractivity (Wildman–Crippen MR) is 132 cm³/mol. The molecule has 2 amide bonds. The lowest BCUT2D eigenvalue weighted by Crippen LogP contribution is -2.25. The highest BCUT2D eigenvalue weighted by molar-refractivity contribution is 7.23. The summed E-state index contributed by atoms with van der Waals surface area (Å²) in [4.78, 5) is 39.1. The summed E-state index contributed by atoms with van der Waals surface area (Å²) in [7, 11) is 1.55. The fourth-order valence-corrected chi connectivity index (χ4v) is 6.38. The molecule has 0 bridgehead atoms. The highest BCUT2D eigenvalue weighted by Crippen LogP contribution is 2.44. The summed E-state index contributed by atoms with van der Waals surface area (Å²) in [6.07, 6.45) is 0. The monoisotopic (exact) mass is 467 g/mol. The molecular weight excluding hydrogens is 438 g/mol. The number of hydrogen-bond donors (Lipinski definition) is 0. The van der Waals surface area contributed by atoms with E-state index in [0.29, 0.717) is 11.1 Å². The Morgan fingerprint density at radius 1 is 0.781 bits per heavy atom. The Bertz CT molecular complexity index is 1270. The van der Waals surface area contributed by atoms with Crippen molar-refractivity contribution in [1.82, 2.24) is 14.9 Å². The molecule has 4 rings (SSSR count). The summed E-state index contributed by atoms with van der Waals surface area (Å²) in [6, 6.07) is 3.93. The SMILES string of the molecule is Cc1nc(-c2ccc(C(C)(C)C)c3c2C(=O)N(C)C3=O)sc1-c1sc(C(C)(C)C)nc1C. The molecule has 3 heterocycles. The molecule has 0 saturated heterocycles. The number of carbonyl (C=O) groups excluding carboxylic acids is 2. The van der Waals surface area contributed by atoms with Crippen LogP contribution in [-0.2, 0) is 10.8 Å². The second kappa shape index (κ2) is 7.32. The number of thiazole rings is 2. The quantitative estimate of drug-likeness (QED) is 0.411. The maximum Gasteiger partial charge on any atom is 0.262 e. The molecule has 1 aromatic carbocycles. The van der Waals surface area contributed by atoms with Gasteiger partial charge in [0.15, 0.2) is 0 Å². The summed E-state index contributed by atoms with van der Waals surface area (Å²) in [5.74, 6) is -0.497. The molecule has 0 radical (unpaired) electrons. The number of benzene rings is 1. The van der Waals surface area contributed by atoms with Crippen LogP contribution in [0.4, 0.5) is 0 Å². The van der Waals surface area contributed by atoms with Gasteiger partial charge in [-0.2, -0.15) is 0 Å². The Labute approximate surface area is 197 Å². The van der Waals surface area contributed by atoms with Crippen molar-refractivity contribution < 1.29 is 9.59 Å². The molecule has 7 heteroatoms. The average molecular weight is 468 g/mol. The van der Waals surface area contributed by atoms with Gasteiger partial charge in [0, 0.05) is 18.0 Å². The Hall–Kier alpha value is -2.38. The van der Waals surface area contributed by atoms with E-state index in [1.54, 1.807) is 29.7 Å². The first-order valence-corrected chi connectivity index (χ1v) is 12.3. The zero-order valence-electron chi connectivity index (χ0n) is 20.1. The van der Waals surface area contributed by atoms with Crippen molar-refractivity contribution in [3.63, 3.8) is 0 Å². The third-order valence-electron chi connectivity index (χ3n) is 5.72. The summed E-state index contributed by atoms with van der Waals surface area (Å²) in [5, 5.41) is 1.85. The van der Waals surface area contributed by atoms with Crippen LogP contribution in [0.5, 0.6) is 0 Å². The highest BCUT2D eigenvalue weighted by atomic mass is 32.1. The van der Waals surface area contributed by atoms with Crippen molar-refractivity contribution in [3.05, 3.63) is 45.2 Å². The van der Waals surface area contributed by atoms with E-state index >= 15 is 0 Å². The third kappa shape index (κ3) is 3.52. The van der Waals surface area contributed by atoms with Gasteiger partial charge in [0.1, 0.15) is 5.01 Å². The maximum absolute atomic E-state index is 13.1. The highest BCUT2D eigenvalue weighted by Gasteiger charge is 2.40. The van der Waals surface area contributed by atoms with E-state index in [1.165, 1.54) is 4.90 Å². The molecule has 0 unspecified atom stereocenters. The van der Waals surface area contributed by atoms with Gasteiger partial charge in [-0.3, -0.25) is 14.5 Å². The molecule has 1 aliphatic heterocycles. The van der Waals surface area contributed by atoms with Gasteiger partial charge in [0.2, 0.25) is 0 Å². The van der Waals surface area contributed by atoms with E-state index in [2.05, 4.69) is 41.5 Å². The van der Waals surface area contributed by atoms with Crippen molar-refractivity contribution in [3.8, 4) is 20.3 Å². The molecule has 0 N–H and O–H groups in total. The van der Waals surface area contributed by atoms with E-state index in [1.807, 2.05) is 26.0 Å². The van der Waals surface area contributed by atoms with Crippen LogP contribution in [0.15, 0.2) is 12.1 Å². The van der Waals surface area contributed by atoms with Crippen molar-refractivity contribution in [2.75, 3.05) is 7.05 Å². The zero-order chi connectivity index (χ0) is 23.7. The van der Waals surface area contributed by atoms with Crippen LogP contribution < -0.4 is 0 Å². The van der Waals surface area contributed by atoms with Crippen LogP contribution in [0.3, 0.4) is 0 Å². The molecule has 0 fully saturated rings. The van der Waals surface area contributed by atoms with Gasteiger partial charge in [-0.05, 0) is 24.8 Å². The minimum absolute atomic E-state index is 0.0178. The standard InChI is InChI=1S/C25H29N3O2S2/c1-12-18(19-13(2)27-23(32-19)25(6,7)8)31-20(26-12)14-10-11-15(24(3,4)5)17-16(14)21(29)28(9)22(17)30/h10-11H,1-9H3. The molecule has 3 aromatic rings. The number of carbonyl (C=O) groups is 2. The van der Waals surface area contributed by atoms with E-state index < -0.39 is 0 Å². The van der Waals surface area contributed by atoms with Crippen LogP contribution in [0.25, 0.3) is 20.3 Å². The topological polar surface area (TPSA) is 63.2 Å². The third-order valence-corrected chi connectivity index (χ3v) is 8.66. The molecule has 1 aliphatic rings. The van der Waals surface area contributed by atoms with Gasteiger partial charge in [-0.15, -0.1) is 22.7 Å². The summed E-state index contributed by atoms with van der Waals surface area (Å²) < 4.78 is 0. The molecule has 2 aromatic heterocycles. The number of amides is 2. The van der Waals surface area contributed by atoms with E-state index in [-0.39, 0.29) is 22.6 Å². The van der Waals surface area contributed by atoms with Crippen LogP contribution in [0.1, 0.15) is 84.2 Å². The second-order valence-electron chi connectivity index (χ2n) is 10.4. The van der Waals surface area contributed by atoms with Crippen molar-refractivity contribution in [1.29, 1.82) is 0 Å². The van der Waals surface area contributed by atoms with Crippen LogP contribution >= 0.6 is 22.7 Å². The molecular formula is C25H29N3O2S2. The van der Waals surface area contributed by atoms with Crippen LogP contribution in [-0.4, -0.2) is 33.7 Å². The number of hydrogen-bond acceptors (Lipinski definition) is 6. The average Bonchev–Trinajstić information content (AvgIpc) is 3.32. The lowest BCUT2D eigenvalue weighted by Gasteiger charge is -2.22. The smallest absolute Gasteiger partial charge is 0.262 e. The van der Waals surface area contributed by atoms with Gasteiger partial charge in [-0.1, -0.05) is 53.7 Å². The minimum Gasteiger partial charge on any atom is -0.277 e. The number of aryl methyl sites for hydroxylation is 2. The van der Waals surface area contributed by atoms with Crippen LogP contribution in [0, 0.1) is 13.8 Å². The van der Waals surface area contributed by atoms with Gasteiger partial charge in [0.25, 0.3) is 11.8 Å². The predicted octanol–water partition coefficient (Wildman–Crippen LogP) is 6.37. The Balaban J connectivity index is 1.91. The fraction of sp³-hybridized carbons (Fsp3) is 0.440. The minimum atomic E-state index is -0.260. The number of aromatic nitrogens is 2. The lowest BCUT2D eigenvalue weighted by molar-refractivity contribution is 0.0692.